The van der Waals surface area contributed by atoms with E-state index in [0.717, 1.165) is 24.2 Å². The van der Waals surface area contributed by atoms with E-state index < -0.39 is 0 Å². The molecule has 0 unspecified atom stereocenters. The zero-order chi connectivity index (χ0) is 14.2. The predicted molar refractivity (Wildman–Crippen MR) is 83.5 cm³/mol. The van der Waals surface area contributed by atoms with Crippen molar-refractivity contribution < 1.29 is 0 Å². The number of nitrogens with zero attached hydrogens (tertiary/aromatic N) is 2. The molecule has 1 aromatic carbocycles. The molecule has 1 aliphatic rings. The zero-order valence-corrected chi connectivity index (χ0v) is 11.9. The molecule has 2 aromatic heterocycles. The summed E-state index contributed by atoms with van der Waals surface area (Å²) in [6.45, 7) is 2.03. The zero-order valence-electron chi connectivity index (χ0n) is 11.9. The fraction of sp³-hybridized carbons (Fsp3) is 0.176. The van der Waals surface area contributed by atoms with E-state index in [1.54, 1.807) is 6.33 Å². The van der Waals surface area contributed by atoms with Crippen molar-refractivity contribution in [1.82, 2.24) is 20.2 Å². The second-order valence-electron chi connectivity index (χ2n) is 5.42. The molecule has 3 aromatic rings. The average molecular weight is 276 g/mol. The molecule has 0 fully saturated rings. The molecule has 4 heteroatoms. The van der Waals surface area contributed by atoms with Crippen molar-refractivity contribution in [2.75, 3.05) is 0 Å². The Balaban J connectivity index is 1.79. The van der Waals surface area contributed by atoms with Crippen LogP contribution in [0.3, 0.4) is 0 Å². The molecule has 0 saturated heterocycles. The Morgan fingerprint density at radius 3 is 2.86 bits per heavy atom. The lowest BCUT2D eigenvalue weighted by molar-refractivity contribution is 1.05. The van der Waals surface area contributed by atoms with E-state index in [1.807, 2.05) is 19.3 Å². The van der Waals surface area contributed by atoms with Crippen LogP contribution in [0.25, 0.3) is 22.8 Å². The molecule has 0 amide bonds. The number of rotatable bonds is 2. The Hall–Kier alpha value is -2.62. The molecule has 0 aliphatic heterocycles. The quantitative estimate of drug-likeness (QED) is 0.751. The summed E-state index contributed by atoms with van der Waals surface area (Å²) in [7, 11) is 0. The highest BCUT2D eigenvalue weighted by Gasteiger charge is 2.18. The van der Waals surface area contributed by atoms with Gasteiger partial charge in [0.1, 0.15) is 0 Å². The van der Waals surface area contributed by atoms with Crippen LogP contribution in [0.1, 0.15) is 28.9 Å². The lowest BCUT2D eigenvalue weighted by atomic mass is 9.99. The normalized spacial score (nSPS) is 15.6. The van der Waals surface area contributed by atoms with Crippen molar-refractivity contribution in [3.05, 3.63) is 59.4 Å². The van der Waals surface area contributed by atoms with Gasteiger partial charge in [0.05, 0.1) is 17.7 Å². The van der Waals surface area contributed by atoms with Gasteiger partial charge in [0.15, 0.2) is 0 Å². The van der Waals surface area contributed by atoms with Crippen LogP contribution in [0, 0.1) is 6.92 Å². The van der Waals surface area contributed by atoms with Crippen LogP contribution in [0.15, 0.2) is 36.9 Å². The van der Waals surface area contributed by atoms with E-state index in [0.29, 0.717) is 0 Å². The molecule has 104 valence electrons. The first-order chi connectivity index (χ1) is 10.3. The highest BCUT2D eigenvalue weighted by molar-refractivity contribution is 5.86. The van der Waals surface area contributed by atoms with Gasteiger partial charge in [0.2, 0.25) is 0 Å². The minimum Gasteiger partial charge on any atom is -0.351 e. The van der Waals surface area contributed by atoms with E-state index in [4.69, 9.17) is 0 Å². The first-order valence-corrected chi connectivity index (χ1v) is 7.14. The molecular weight excluding hydrogens is 260 g/mol. The minimum atomic E-state index is 0.989. The van der Waals surface area contributed by atoms with Gasteiger partial charge in [-0.3, -0.25) is 5.10 Å². The molecule has 0 saturated carbocycles. The van der Waals surface area contributed by atoms with Crippen LogP contribution >= 0.6 is 0 Å². The molecule has 2 N–H and O–H groups in total. The second kappa shape index (κ2) is 4.74. The fourth-order valence-electron chi connectivity index (χ4n) is 2.99. The van der Waals surface area contributed by atoms with Crippen molar-refractivity contribution in [2.24, 2.45) is 0 Å². The monoisotopic (exact) mass is 276 g/mol. The summed E-state index contributed by atoms with van der Waals surface area (Å²) >= 11 is 0. The largest absolute Gasteiger partial charge is 0.351 e. The van der Waals surface area contributed by atoms with Gasteiger partial charge in [0, 0.05) is 18.0 Å². The Morgan fingerprint density at radius 2 is 2.10 bits per heavy atom. The molecule has 0 spiro atoms. The highest BCUT2D eigenvalue weighted by atomic mass is 15.1. The number of benzene rings is 1. The van der Waals surface area contributed by atoms with Crippen LogP contribution in [0.4, 0.5) is 0 Å². The van der Waals surface area contributed by atoms with E-state index >= 15 is 0 Å². The number of aromatic amines is 2. The van der Waals surface area contributed by atoms with Gasteiger partial charge in [-0.15, -0.1) is 0 Å². The number of nitrogens with one attached hydrogen (secondary N) is 2. The highest BCUT2D eigenvalue weighted by Crippen LogP contribution is 2.36. The number of fused-ring (bicyclic) bond motifs is 1. The van der Waals surface area contributed by atoms with Crippen molar-refractivity contribution >= 4 is 11.6 Å². The van der Waals surface area contributed by atoms with Crippen molar-refractivity contribution in [3.63, 3.8) is 0 Å². The summed E-state index contributed by atoms with van der Waals surface area (Å²) < 4.78 is 0. The Bertz CT molecular complexity index is 809. The Labute approximate surface area is 123 Å². The van der Waals surface area contributed by atoms with Crippen molar-refractivity contribution in [1.29, 1.82) is 0 Å². The number of imidazole rings is 1. The van der Waals surface area contributed by atoms with Gasteiger partial charge >= 0.3 is 0 Å². The van der Waals surface area contributed by atoms with Crippen LogP contribution in [-0.2, 0) is 6.42 Å². The van der Waals surface area contributed by atoms with Crippen LogP contribution in [-0.4, -0.2) is 20.2 Å². The molecule has 0 atom stereocenters. The summed E-state index contributed by atoms with van der Waals surface area (Å²) in [5, 5.41) is 7.15. The second-order valence-corrected chi connectivity index (χ2v) is 5.42. The maximum Gasteiger partial charge on any atom is 0.0927 e. The van der Waals surface area contributed by atoms with Crippen LogP contribution in [0.5, 0.6) is 0 Å². The van der Waals surface area contributed by atoms with Gasteiger partial charge in [0.25, 0.3) is 0 Å². The lowest BCUT2D eigenvalue weighted by Crippen LogP contribution is -1.85. The van der Waals surface area contributed by atoms with Crippen LogP contribution < -0.4 is 0 Å². The molecule has 0 radical (unpaired) electrons. The van der Waals surface area contributed by atoms with E-state index in [1.165, 1.54) is 27.8 Å². The topological polar surface area (TPSA) is 57.4 Å². The van der Waals surface area contributed by atoms with E-state index in [9.17, 15) is 0 Å². The molecule has 21 heavy (non-hydrogen) atoms. The third kappa shape index (κ3) is 2.09. The van der Waals surface area contributed by atoms with Gasteiger partial charge in [-0.25, -0.2) is 4.98 Å². The number of aryl methyl sites for hydroxylation is 2. The smallest absolute Gasteiger partial charge is 0.0927 e. The van der Waals surface area contributed by atoms with Crippen molar-refractivity contribution in [2.45, 2.75) is 19.8 Å². The maximum atomic E-state index is 4.29. The van der Waals surface area contributed by atoms with E-state index in [-0.39, 0.29) is 0 Å². The molecule has 2 heterocycles. The summed E-state index contributed by atoms with van der Waals surface area (Å²) in [6.07, 6.45) is 9.96. The predicted octanol–water partition coefficient (Wildman–Crippen LogP) is 3.60. The standard InChI is InChI=1S/C17H16N4/c1-11-17(9-20-21-11)14-5-3-12-2-4-13(16(12)7-14)6-15-8-18-10-19-15/h3,5-10H,2,4H2,1H3,(H,18,19)(H,20,21)/b13-6+. The number of allylic oxidation sites excluding steroid dienone is 1. The first-order valence-electron chi connectivity index (χ1n) is 7.14. The molecule has 0 bridgehead atoms. The number of aromatic nitrogens is 4. The summed E-state index contributed by atoms with van der Waals surface area (Å²) in [4.78, 5) is 7.29. The van der Waals surface area contributed by atoms with Gasteiger partial charge in [-0.1, -0.05) is 12.1 Å². The SMILES string of the molecule is Cc1n[nH]cc1-c1ccc2c(c1)/C(=C/c1c[nH]cn1)CC2. The number of H-pyrrole nitrogens is 2. The molecule has 1 aliphatic carbocycles. The minimum absolute atomic E-state index is 0.989. The lowest BCUT2D eigenvalue weighted by Gasteiger charge is -2.05. The summed E-state index contributed by atoms with van der Waals surface area (Å²) in [5.41, 5.74) is 8.53. The van der Waals surface area contributed by atoms with Gasteiger partial charge in [-0.2, -0.15) is 5.10 Å². The molecule has 4 rings (SSSR count). The third-order valence-corrected chi connectivity index (χ3v) is 4.10. The molecule has 4 nitrogen and oxygen atoms in total. The van der Waals surface area contributed by atoms with Crippen molar-refractivity contribution in [3.8, 4) is 11.1 Å². The molecular formula is C17H16N4. The van der Waals surface area contributed by atoms with Crippen LogP contribution in [0.2, 0.25) is 0 Å². The van der Waals surface area contributed by atoms with Gasteiger partial charge in [-0.05, 0) is 54.2 Å². The first kappa shape index (κ1) is 12.1. The summed E-state index contributed by atoms with van der Waals surface area (Å²) in [5.74, 6) is 0. The number of hydrogen-bond donors (Lipinski definition) is 2. The average Bonchev–Trinajstić information content (AvgIpc) is 3.21. The fourth-order valence-corrected chi connectivity index (χ4v) is 2.99. The van der Waals surface area contributed by atoms with E-state index in [2.05, 4.69) is 44.4 Å². The third-order valence-electron chi connectivity index (χ3n) is 4.10. The number of hydrogen-bond acceptors (Lipinski definition) is 2. The Morgan fingerprint density at radius 1 is 1.14 bits per heavy atom. The van der Waals surface area contributed by atoms with Gasteiger partial charge < -0.3 is 4.98 Å². The summed E-state index contributed by atoms with van der Waals surface area (Å²) in [6, 6.07) is 6.70. The maximum absolute atomic E-state index is 4.29. The Kier molecular flexibility index (Phi) is 2.74.